The molecular weight excluding hydrogens is 452 g/mol. The van der Waals surface area contributed by atoms with Crippen LogP contribution in [-0.2, 0) is 19.6 Å². The van der Waals surface area contributed by atoms with Crippen LogP contribution in [0.3, 0.4) is 0 Å². The minimum absolute atomic E-state index is 0.478. The molecule has 4 N–H and O–H groups in total. The first-order valence-corrected chi connectivity index (χ1v) is 13.3. The predicted molar refractivity (Wildman–Crippen MR) is 141 cm³/mol. The molecule has 0 unspecified atom stereocenters. The number of hydrogen-bond acceptors (Lipinski definition) is 5. The first-order valence-electron chi connectivity index (χ1n) is 13.3. The molecule has 0 atom stereocenters. The van der Waals surface area contributed by atoms with Gasteiger partial charge in [-0.2, -0.15) is 0 Å². The lowest BCUT2D eigenvalue weighted by Crippen LogP contribution is -2.30. The Morgan fingerprint density at radius 1 is 0.806 bits per heavy atom. The molecule has 1 aromatic carbocycles. The molecule has 4 rings (SSSR count). The smallest absolute Gasteiger partial charge is 0.202 e. The van der Waals surface area contributed by atoms with Gasteiger partial charge in [0.05, 0.1) is 6.61 Å². The normalized spacial score (nSPS) is 13.4. The molecule has 0 radical (unpaired) electrons. The molecule has 1 aliphatic rings. The summed E-state index contributed by atoms with van der Waals surface area (Å²) in [6.07, 6.45) is 16.8. The standard InChI is InChI=1S/C27H40N8O/c28-26-32-15-19-33(26)16-5-3-1-2-4-6-17-34-20-21-35(27(34)29)18-8-22-36-24-11-9-23(10-12-24)25-30-13-7-14-31-25/h9-12,15,19-21,29H,1-8,13-14,16-18,22H2,(H2,28,32)(H,30,31). The summed E-state index contributed by atoms with van der Waals surface area (Å²) in [7, 11) is 0. The Morgan fingerprint density at radius 2 is 1.47 bits per heavy atom. The zero-order valence-corrected chi connectivity index (χ0v) is 21.2. The van der Waals surface area contributed by atoms with E-state index in [9.17, 15) is 0 Å². The lowest BCUT2D eigenvalue weighted by Gasteiger charge is -2.15. The fraction of sp³-hybridized carbons (Fsp3) is 0.519. The number of H-pyrrole nitrogens is 1. The molecule has 2 aromatic heterocycles. The number of amidine groups is 1. The minimum atomic E-state index is 0.478. The molecule has 0 aliphatic carbocycles. The van der Waals surface area contributed by atoms with E-state index in [1.807, 2.05) is 50.6 Å². The first-order chi connectivity index (χ1) is 17.7. The van der Waals surface area contributed by atoms with Gasteiger partial charge in [-0.3, -0.25) is 15.8 Å². The Bertz CT molecular complexity index is 1200. The summed E-state index contributed by atoms with van der Waals surface area (Å²) in [5.41, 5.74) is 2.15. The second-order valence-electron chi connectivity index (χ2n) is 9.37. The number of aryl methyl sites for hydroxylation is 3. The Morgan fingerprint density at radius 3 is 2.11 bits per heavy atom. The van der Waals surface area contributed by atoms with Crippen molar-refractivity contribution in [3.63, 3.8) is 0 Å². The maximum atomic E-state index is 8.45. The number of hydrogen-bond donors (Lipinski definition) is 4. The van der Waals surface area contributed by atoms with Crippen LogP contribution in [0.1, 0.15) is 56.9 Å². The van der Waals surface area contributed by atoms with Crippen LogP contribution >= 0.6 is 0 Å². The Labute approximate surface area is 212 Å². The van der Waals surface area contributed by atoms with Gasteiger partial charge >= 0.3 is 0 Å². The third-order valence-corrected chi connectivity index (χ3v) is 6.62. The van der Waals surface area contributed by atoms with Crippen molar-refractivity contribution in [3.8, 4) is 5.75 Å². The van der Waals surface area contributed by atoms with Crippen LogP contribution in [0.5, 0.6) is 5.75 Å². The van der Waals surface area contributed by atoms with E-state index >= 15 is 0 Å². The van der Waals surface area contributed by atoms with Gasteiger partial charge in [-0.1, -0.05) is 25.7 Å². The van der Waals surface area contributed by atoms with Crippen molar-refractivity contribution in [1.82, 2.24) is 24.0 Å². The molecule has 0 fully saturated rings. The average Bonchev–Trinajstić information content (AvgIpc) is 3.48. The van der Waals surface area contributed by atoms with Gasteiger partial charge in [-0.25, -0.2) is 0 Å². The van der Waals surface area contributed by atoms with Gasteiger partial charge in [0, 0.05) is 63.1 Å². The second kappa shape index (κ2) is 13.6. The van der Waals surface area contributed by atoms with E-state index in [4.69, 9.17) is 15.6 Å². The largest absolute Gasteiger partial charge is 0.494 e. The van der Waals surface area contributed by atoms with Crippen molar-refractivity contribution in [1.29, 1.82) is 10.8 Å². The topological polar surface area (TPSA) is 112 Å². The molecule has 0 saturated carbocycles. The molecule has 194 valence electrons. The van der Waals surface area contributed by atoms with Crippen molar-refractivity contribution >= 4 is 5.84 Å². The molecule has 3 heterocycles. The van der Waals surface area contributed by atoms with Crippen molar-refractivity contribution in [2.45, 2.75) is 71.0 Å². The number of nitrogens with zero attached hydrogens (tertiary/aromatic N) is 4. The van der Waals surface area contributed by atoms with Gasteiger partial charge in [0.25, 0.3) is 0 Å². The van der Waals surface area contributed by atoms with Crippen LogP contribution in [0, 0.1) is 10.8 Å². The summed E-state index contributed by atoms with van der Waals surface area (Å²) in [4.78, 5) is 7.42. The van der Waals surface area contributed by atoms with Gasteiger partial charge in [0.15, 0.2) is 5.62 Å². The zero-order valence-electron chi connectivity index (χ0n) is 21.2. The monoisotopic (exact) mass is 492 g/mol. The second-order valence-corrected chi connectivity index (χ2v) is 9.37. The Kier molecular flexibility index (Phi) is 9.64. The van der Waals surface area contributed by atoms with Gasteiger partial charge < -0.3 is 28.7 Å². The first kappa shape index (κ1) is 25.6. The van der Waals surface area contributed by atoms with Crippen LogP contribution in [0.2, 0.25) is 0 Å². The van der Waals surface area contributed by atoms with Crippen LogP contribution < -0.4 is 21.3 Å². The highest BCUT2D eigenvalue weighted by Gasteiger charge is 2.07. The van der Waals surface area contributed by atoms with Crippen LogP contribution in [0.25, 0.3) is 0 Å². The van der Waals surface area contributed by atoms with Crippen LogP contribution in [-0.4, -0.2) is 44.2 Å². The number of rotatable bonds is 15. The third kappa shape index (κ3) is 7.50. The molecule has 9 nitrogen and oxygen atoms in total. The third-order valence-electron chi connectivity index (χ3n) is 6.62. The summed E-state index contributed by atoms with van der Waals surface area (Å²) in [6.45, 7) is 5.10. The predicted octanol–water partition coefficient (Wildman–Crippen LogP) is 3.63. The van der Waals surface area contributed by atoms with Gasteiger partial charge in [0.1, 0.15) is 11.6 Å². The Hall–Kier alpha value is -3.49. The lowest BCUT2D eigenvalue weighted by molar-refractivity contribution is 0.300. The molecule has 1 aliphatic heterocycles. The van der Waals surface area contributed by atoms with Gasteiger partial charge in [-0.05, 0) is 49.9 Å². The quantitative estimate of drug-likeness (QED) is 0.243. The number of unbranched alkanes of at least 4 members (excludes halogenated alkanes) is 5. The van der Waals surface area contributed by atoms with Crippen LogP contribution in [0.15, 0.2) is 54.0 Å². The molecule has 0 saturated heterocycles. The summed E-state index contributed by atoms with van der Waals surface area (Å²) < 4.78 is 11.9. The van der Waals surface area contributed by atoms with E-state index in [1.165, 1.54) is 25.7 Å². The fourth-order valence-electron chi connectivity index (χ4n) is 4.51. The van der Waals surface area contributed by atoms with Crippen molar-refractivity contribution in [2.24, 2.45) is 4.99 Å². The van der Waals surface area contributed by atoms with E-state index in [0.29, 0.717) is 17.8 Å². The van der Waals surface area contributed by atoms with E-state index < -0.39 is 0 Å². The van der Waals surface area contributed by atoms with Gasteiger partial charge in [0.2, 0.25) is 5.62 Å². The zero-order chi connectivity index (χ0) is 25.0. The number of aliphatic imine (C=N–C) groups is 1. The number of ether oxygens (including phenoxy) is 1. The Balaban J connectivity index is 1.07. The molecule has 0 bridgehead atoms. The highest BCUT2D eigenvalue weighted by Crippen LogP contribution is 2.14. The minimum Gasteiger partial charge on any atom is -0.494 e. The molecule has 36 heavy (non-hydrogen) atoms. The van der Waals surface area contributed by atoms with E-state index in [-0.39, 0.29) is 0 Å². The van der Waals surface area contributed by atoms with E-state index in [1.54, 1.807) is 0 Å². The molecule has 0 amide bonds. The number of nitrogens with one attached hydrogen (secondary N) is 4. The lowest BCUT2D eigenvalue weighted by atomic mass is 10.1. The number of aromatic nitrogens is 4. The molecule has 0 spiro atoms. The summed E-state index contributed by atoms with van der Waals surface area (Å²) in [6, 6.07) is 8.11. The van der Waals surface area contributed by atoms with Crippen molar-refractivity contribution in [2.75, 3.05) is 19.7 Å². The maximum absolute atomic E-state index is 8.45. The van der Waals surface area contributed by atoms with Crippen LogP contribution in [0.4, 0.5) is 0 Å². The summed E-state index contributed by atoms with van der Waals surface area (Å²) in [5, 5.41) is 19.5. The number of aromatic amines is 1. The van der Waals surface area contributed by atoms with E-state index in [2.05, 4.69) is 27.4 Å². The fourth-order valence-corrected chi connectivity index (χ4v) is 4.51. The highest BCUT2D eigenvalue weighted by atomic mass is 16.5. The molecule has 9 heteroatoms. The number of benzene rings is 1. The molecular formula is C27H40N8O. The summed E-state index contributed by atoms with van der Waals surface area (Å²) >= 11 is 0. The highest BCUT2D eigenvalue weighted by molar-refractivity contribution is 5.99. The average molecular weight is 493 g/mol. The van der Waals surface area contributed by atoms with Crippen molar-refractivity contribution < 1.29 is 4.74 Å². The summed E-state index contributed by atoms with van der Waals surface area (Å²) in [5.74, 6) is 1.84. The number of imidazole rings is 2. The van der Waals surface area contributed by atoms with Gasteiger partial charge in [-0.15, -0.1) is 0 Å². The molecule has 3 aromatic rings. The van der Waals surface area contributed by atoms with Crippen molar-refractivity contribution in [3.05, 3.63) is 65.9 Å². The SMILES string of the molecule is N=c1[nH]ccn1CCCCCCCCn1ccn(CCCOc2ccc(C3=NCCCN3)cc2)c1=N. The maximum Gasteiger partial charge on any atom is 0.202 e. The van der Waals surface area contributed by atoms with E-state index in [0.717, 1.165) is 75.6 Å².